The summed E-state index contributed by atoms with van der Waals surface area (Å²) in [4.78, 5) is 22.1. The second-order valence-electron chi connectivity index (χ2n) is 5.23. The molecule has 4 heterocycles. The number of nitrogens with zero attached hydrogens (tertiary/aromatic N) is 3. The van der Waals surface area contributed by atoms with E-state index in [1.54, 1.807) is 0 Å². The molecular formula is C11H13N5O5. The molecule has 0 radical (unpaired) electrons. The van der Waals surface area contributed by atoms with Gasteiger partial charge in [0.05, 0.1) is 19.5 Å². The fraction of sp³-hybridized carbons (Fsp3) is 0.545. The van der Waals surface area contributed by atoms with E-state index in [1.165, 1.54) is 10.9 Å². The van der Waals surface area contributed by atoms with Crippen molar-refractivity contribution in [3.05, 3.63) is 16.7 Å². The number of hydrogen-bond donors (Lipinski definition) is 4. The van der Waals surface area contributed by atoms with Gasteiger partial charge in [0.25, 0.3) is 5.56 Å². The molecule has 2 aromatic heterocycles. The summed E-state index contributed by atoms with van der Waals surface area (Å²) in [5, 5.41) is 19.6. The number of aliphatic hydroxyl groups is 2. The van der Waals surface area contributed by atoms with E-state index in [9.17, 15) is 15.0 Å². The van der Waals surface area contributed by atoms with Gasteiger partial charge in [0.1, 0.15) is 17.8 Å². The molecule has 2 aliphatic rings. The maximum absolute atomic E-state index is 11.8. The Balaban J connectivity index is 1.84. The molecule has 2 bridgehead atoms. The van der Waals surface area contributed by atoms with Crippen LogP contribution in [0.4, 0.5) is 5.95 Å². The van der Waals surface area contributed by atoms with Crippen LogP contribution in [0.15, 0.2) is 11.1 Å². The monoisotopic (exact) mass is 295 g/mol. The van der Waals surface area contributed by atoms with Crippen molar-refractivity contribution in [3.8, 4) is 0 Å². The van der Waals surface area contributed by atoms with Crippen LogP contribution >= 0.6 is 0 Å². The third kappa shape index (κ3) is 1.52. The van der Waals surface area contributed by atoms with E-state index in [4.69, 9.17) is 15.2 Å². The van der Waals surface area contributed by atoms with E-state index in [2.05, 4.69) is 15.0 Å². The molecule has 2 saturated heterocycles. The highest BCUT2D eigenvalue weighted by molar-refractivity contribution is 5.70. The second-order valence-corrected chi connectivity index (χ2v) is 5.23. The molecular weight excluding hydrogens is 282 g/mol. The number of fused-ring (bicyclic) bond motifs is 3. The molecule has 5 N–H and O–H groups in total. The predicted octanol–water partition coefficient (Wildman–Crippen LogP) is -2.28. The summed E-state index contributed by atoms with van der Waals surface area (Å²) in [6.07, 6.45) is -1.00. The quantitative estimate of drug-likeness (QED) is 0.484. The van der Waals surface area contributed by atoms with Crippen molar-refractivity contribution in [2.75, 3.05) is 18.9 Å². The molecule has 2 unspecified atom stereocenters. The molecule has 112 valence electrons. The molecule has 10 heteroatoms. The van der Waals surface area contributed by atoms with Crippen LogP contribution < -0.4 is 11.3 Å². The summed E-state index contributed by atoms with van der Waals surface area (Å²) >= 11 is 0. The molecule has 2 aliphatic heterocycles. The third-order valence-corrected chi connectivity index (χ3v) is 4.00. The van der Waals surface area contributed by atoms with Gasteiger partial charge in [-0.2, -0.15) is 4.98 Å². The number of nitrogen functional groups attached to an aromatic ring is 1. The summed E-state index contributed by atoms with van der Waals surface area (Å²) in [6, 6.07) is 0. The fourth-order valence-electron chi connectivity index (χ4n) is 2.88. The minimum absolute atomic E-state index is 0.0456. The molecule has 0 aromatic carbocycles. The lowest BCUT2D eigenvalue weighted by Gasteiger charge is -2.29. The lowest BCUT2D eigenvalue weighted by molar-refractivity contribution is -0.185. The van der Waals surface area contributed by atoms with Gasteiger partial charge in [0.15, 0.2) is 17.4 Å². The van der Waals surface area contributed by atoms with Gasteiger partial charge >= 0.3 is 0 Å². The molecule has 2 fully saturated rings. The molecule has 4 rings (SSSR count). The normalized spacial score (nSPS) is 34.9. The minimum atomic E-state index is -1.15. The number of ether oxygens (including phenoxy) is 2. The number of hydrogen-bond acceptors (Lipinski definition) is 8. The van der Waals surface area contributed by atoms with Gasteiger partial charge in [-0.15, -0.1) is 0 Å². The maximum atomic E-state index is 11.8. The van der Waals surface area contributed by atoms with Crippen molar-refractivity contribution >= 4 is 17.1 Å². The first kappa shape index (κ1) is 12.7. The Morgan fingerprint density at radius 2 is 2.43 bits per heavy atom. The molecule has 21 heavy (non-hydrogen) atoms. The van der Waals surface area contributed by atoms with Crippen LogP contribution in [0, 0.1) is 0 Å². The van der Waals surface area contributed by atoms with Crippen molar-refractivity contribution in [1.29, 1.82) is 0 Å². The number of rotatable bonds is 2. The van der Waals surface area contributed by atoms with E-state index in [1.807, 2.05) is 0 Å². The van der Waals surface area contributed by atoms with Crippen LogP contribution in [0.25, 0.3) is 11.2 Å². The number of H-pyrrole nitrogens is 1. The number of aromatic amines is 1. The van der Waals surface area contributed by atoms with E-state index in [-0.39, 0.29) is 30.3 Å². The highest BCUT2D eigenvalue weighted by atomic mass is 16.7. The smallest absolute Gasteiger partial charge is 0.280 e. The molecule has 10 nitrogen and oxygen atoms in total. The first-order chi connectivity index (χ1) is 10.1. The van der Waals surface area contributed by atoms with Gasteiger partial charge in [-0.1, -0.05) is 0 Å². The number of nitrogens with two attached hydrogens (primary N) is 1. The SMILES string of the molecule is Nc1nc2c(ncn2C2O[C@]3(CO)CO[C@H]2C3O)c(=O)[nH]1. The van der Waals surface area contributed by atoms with E-state index in [0.717, 1.165) is 0 Å². The van der Waals surface area contributed by atoms with E-state index < -0.39 is 29.6 Å². The van der Waals surface area contributed by atoms with Gasteiger partial charge in [-0.3, -0.25) is 14.3 Å². The fourth-order valence-corrected chi connectivity index (χ4v) is 2.88. The first-order valence-electron chi connectivity index (χ1n) is 6.36. The Morgan fingerprint density at radius 3 is 3.14 bits per heavy atom. The van der Waals surface area contributed by atoms with Gasteiger partial charge in [-0.05, 0) is 0 Å². The minimum Gasteiger partial charge on any atom is -0.393 e. The van der Waals surface area contributed by atoms with Crippen molar-refractivity contribution in [2.24, 2.45) is 0 Å². The highest BCUT2D eigenvalue weighted by Crippen LogP contribution is 2.45. The van der Waals surface area contributed by atoms with Crippen LogP contribution in [-0.2, 0) is 9.47 Å². The van der Waals surface area contributed by atoms with Gasteiger partial charge in [0.2, 0.25) is 5.95 Å². The molecule has 2 aromatic rings. The molecule has 0 saturated carbocycles. The lowest BCUT2D eigenvalue weighted by Crippen LogP contribution is -2.44. The Bertz CT molecular complexity index is 772. The largest absolute Gasteiger partial charge is 0.393 e. The molecule has 0 aliphatic carbocycles. The number of nitrogens with one attached hydrogen (secondary N) is 1. The zero-order valence-corrected chi connectivity index (χ0v) is 10.8. The average Bonchev–Trinajstić information content (AvgIpc) is 3.09. The van der Waals surface area contributed by atoms with Crippen molar-refractivity contribution in [3.63, 3.8) is 0 Å². The predicted molar refractivity (Wildman–Crippen MR) is 68.2 cm³/mol. The summed E-state index contributed by atoms with van der Waals surface area (Å²) in [7, 11) is 0. The number of aromatic nitrogens is 4. The average molecular weight is 295 g/mol. The Morgan fingerprint density at radius 1 is 1.62 bits per heavy atom. The van der Waals surface area contributed by atoms with Crippen molar-refractivity contribution < 1.29 is 19.7 Å². The summed E-state index contributed by atoms with van der Waals surface area (Å²) in [6.45, 7) is -0.265. The Labute approximate surface area is 117 Å². The third-order valence-electron chi connectivity index (χ3n) is 4.00. The van der Waals surface area contributed by atoms with E-state index in [0.29, 0.717) is 0 Å². The van der Waals surface area contributed by atoms with Crippen molar-refractivity contribution in [2.45, 2.75) is 24.0 Å². The summed E-state index contributed by atoms with van der Waals surface area (Å²) < 4.78 is 12.7. The van der Waals surface area contributed by atoms with Crippen LogP contribution in [0.1, 0.15) is 6.23 Å². The molecule has 0 amide bonds. The van der Waals surface area contributed by atoms with Crippen molar-refractivity contribution in [1.82, 2.24) is 19.5 Å². The number of aliphatic hydroxyl groups excluding tert-OH is 2. The van der Waals surface area contributed by atoms with Gasteiger partial charge in [-0.25, -0.2) is 4.98 Å². The Hall–Kier alpha value is -2.01. The summed E-state index contributed by atoms with van der Waals surface area (Å²) in [5.74, 6) is -0.0456. The van der Waals surface area contributed by atoms with Crippen LogP contribution in [0.2, 0.25) is 0 Å². The maximum Gasteiger partial charge on any atom is 0.280 e. The first-order valence-corrected chi connectivity index (χ1v) is 6.36. The zero-order valence-electron chi connectivity index (χ0n) is 10.8. The highest BCUT2D eigenvalue weighted by Gasteiger charge is 2.61. The number of anilines is 1. The van der Waals surface area contributed by atoms with E-state index >= 15 is 0 Å². The lowest BCUT2D eigenvalue weighted by atomic mass is 10.0. The standard InChI is InChI=1S/C11H13N5O5/c12-10-14-7-4(8(19)15-10)13-3-16(7)9-5-6(18)11(1-17,21-9)2-20-5/h3,5-6,9,17-18H,1-2H2,(H3,12,14,15,19)/t5-,6?,9?,11+/m0/s1. The van der Waals surface area contributed by atoms with Gasteiger partial charge < -0.3 is 25.4 Å². The topological polar surface area (TPSA) is 149 Å². The molecule has 4 atom stereocenters. The zero-order chi connectivity index (χ0) is 14.8. The van der Waals surface area contributed by atoms with Gasteiger partial charge in [0, 0.05) is 0 Å². The van der Waals surface area contributed by atoms with Crippen LogP contribution in [-0.4, -0.2) is 60.8 Å². The second kappa shape index (κ2) is 4.01. The number of imidazole rings is 1. The summed E-state index contributed by atoms with van der Waals surface area (Å²) in [5.41, 5.74) is 4.27. The van der Waals surface area contributed by atoms with Crippen LogP contribution in [0.5, 0.6) is 0 Å². The molecule has 0 spiro atoms. The Kier molecular flexibility index (Phi) is 2.43. The van der Waals surface area contributed by atoms with Crippen LogP contribution in [0.3, 0.4) is 0 Å².